The molecular weight excluding hydrogens is 500 g/mol. The van der Waals surface area contributed by atoms with Crippen LogP contribution in [0.4, 0.5) is 32.2 Å². The van der Waals surface area contributed by atoms with Crippen molar-refractivity contribution >= 4 is 28.3 Å². The lowest BCUT2D eigenvalue weighted by Crippen LogP contribution is -2.34. The number of nitrogen functional groups attached to an aromatic ring is 1. The van der Waals surface area contributed by atoms with E-state index in [0.29, 0.717) is 16.6 Å². The van der Waals surface area contributed by atoms with Crippen LogP contribution in [0.5, 0.6) is 0 Å². The first kappa shape index (κ1) is 24.8. The van der Waals surface area contributed by atoms with Crippen molar-refractivity contribution in [2.24, 2.45) is 0 Å². The number of aromatic nitrogens is 3. The number of nitrogens with two attached hydrogens (primary N) is 1. The van der Waals surface area contributed by atoms with Gasteiger partial charge in [0.25, 0.3) is 5.91 Å². The van der Waals surface area contributed by atoms with Gasteiger partial charge in [-0.1, -0.05) is 26.0 Å². The maximum absolute atomic E-state index is 15.1. The first-order valence-electron chi connectivity index (χ1n) is 11.2. The fourth-order valence-electron chi connectivity index (χ4n) is 5.03. The van der Waals surface area contributed by atoms with E-state index in [4.69, 9.17) is 5.73 Å². The lowest BCUT2D eigenvalue weighted by molar-refractivity contribution is -0.289. The first-order valence-corrected chi connectivity index (χ1v) is 11.2. The molecule has 2 N–H and O–H groups in total. The maximum Gasteiger partial charge on any atom is 0.458 e. The third kappa shape index (κ3) is 3.68. The van der Waals surface area contributed by atoms with Crippen molar-refractivity contribution in [3.05, 3.63) is 70.9 Å². The average molecular weight is 521 g/mol. The number of fused-ring (bicyclic) bond motifs is 4. The lowest BCUT2D eigenvalue weighted by Gasteiger charge is -2.27. The zero-order chi connectivity index (χ0) is 27.1. The summed E-state index contributed by atoms with van der Waals surface area (Å²) in [7, 11) is 1.44. The predicted molar refractivity (Wildman–Crippen MR) is 124 cm³/mol. The molecule has 0 aliphatic heterocycles. The van der Waals surface area contributed by atoms with E-state index < -0.39 is 40.8 Å². The van der Waals surface area contributed by atoms with Gasteiger partial charge in [-0.2, -0.15) is 22.0 Å². The van der Waals surface area contributed by atoms with E-state index in [-0.39, 0.29) is 28.9 Å². The van der Waals surface area contributed by atoms with E-state index in [9.17, 15) is 26.7 Å². The summed E-state index contributed by atoms with van der Waals surface area (Å²) in [6.45, 7) is 3.39. The average Bonchev–Trinajstić information content (AvgIpc) is 3.40. The summed E-state index contributed by atoms with van der Waals surface area (Å²) < 4.78 is 83.6. The number of halogens is 6. The zero-order valence-electron chi connectivity index (χ0n) is 19.9. The predicted octanol–water partition coefficient (Wildman–Crippen LogP) is 5.75. The van der Waals surface area contributed by atoms with E-state index in [2.05, 4.69) is 9.97 Å². The molecule has 2 aromatic carbocycles. The van der Waals surface area contributed by atoms with Gasteiger partial charge in [-0.05, 0) is 35.1 Å². The van der Waals surface area contributed by atoms with E-state index in [1.807, 2.05) is 0 Å². The Morgan fingerprint density at radius 2 is 1.84 bits per heavy atom. The van der Waals surface area contributed by atoms with E-state index in [1.165, 1.54) is 36.6 Å². The Bertz CT molecular complexity index is 1580. The molecule has 5 rings (SSSR count). The topological polar surface area (TPSA) is 76.5 Å². The Labute approximate surface area is 206 Å². The van der Waals surface area contributed by atoms with Gasteiger partial charge in [0.05, 0.1) is 35.2 Å². The molecule has 0 spiro atoms. The smallest absolute Gasteiger partial charge is 0.382 e. The van der Waals surface area contributed by atoms with Gasteiger partial charge in [0.1, 0.15) is 17.2 Å². The summed E-state index contributed by atoms with van der Waals surface area (Å²) in [5.74, 6) is -6.42. The highest BCUT2D eigenvalue weighted by Crippen LogP contribution is 2.51. The highest BCUT2D eigenvalue weighted by Gasteiger charge is 2.59. The van der Waals surface area contributed by atoms with Crippen molar-refractivity contribution in [1.29, 1.82) is 0 Å². The molecular formula is C25H21F6N5O. The Morgan fingerprint density at radius 1 is 1.14 bits per heavy atom. The van der Waals surface area contributed by atoms with Gasteiger partial charge in [0.2, 0.25) is 0 Å². The van der Waals surface area contributed by atoms with Crippen LogP contribution in [0, 0.1) is 5.82 Å². The first-order chi connectivity index (χ1) is 17.1. The molecule has 2 aromatic heterocycles. The number of amides is 1. The number of benzene rings is 2. The highest BCUT2D eigenvalue weighted by molar-refractivity contribution is 5.98. The second-order valence-electron chi connectivity index (χ2n) is 9.86. The Kier molecular flexibility index (Phi) is 5.26. The Morgan fingerprint density at radius 3 is 2.51 bits per heavy atom. The fraction of sp³-hybridized carbons (Fsp3) is 0.320. The molecule has 0 bridgehead atoms. The quantitative estimate of drug-likeness (QED) is 0.348. The number of nitrogens with zero attached hydrogens (tertiary/aromatic N) is 4. The summed E-state index contributed by atoms with van der Waals surface area (Å²) in [6.07, 6.45) is -2.57. The fourth-order valence-corrected chi connectivity index (χ4v) is 5.03. The third-order valence-corrected chi connectivity index (χ3v) is 7.05. The summed E-state index contributed by atoms with van der Waals surface area (Å²) in [6, 6.07) is 4.50. The lowest BCUT2D eigenvalue weighted by atomic mass is 9.85. The molecule has 194 valence electrons. The number of carbonyl (C=O) groups excluding carboxylic acids is 1. The summed E-state index contributed by atoms with van der Waals surface area (Å²) in [4.78, 5) is 22.9. The minimum Gasteiger partial charge on any atom is -0.382 e. The molecule has 0 saturated carbocycles. The van der Waals surface area contributed by atoms with Crippen LogP contribution in [0.25, 0.3) is 16.6 Å². The van der Waals surface area contributed by atoms with E-state index >= 15 is 4.39 Å². The maximum atomic E-state index is 15.1. The number of rotatable bonds is 3. The number of imidazole rings is 1. The zero-order valence-corrected chi connectivity index (χ0v) is 19.9. The van der Waals surface area contributed by atoms with E-state index in [0.717, 1.165) is 18.2 Å². The molecule has 0 saturated heterocycles. The molecule has 1 aliphatic carbocycles. The molecule has 1 amide bonds. The van der Waals surface area contributed by atoms with Crippen LogP contribution in [-0.4, -0.2) is 38.4 Å². The molecule has 0 unspecified atom stereocenters. The van der Waals surface area contributed by atoms with Crippen LogP contribution in [0.3, 0.4) is 0 Å². The van der Waals surface area contributed by atoms with Crippen molar-refractivity contribution < 1.29 is 31.1 Å². The molecule has 2 heterocycles. The normalized spacial score (nSPS) is 17.4. The van der Waals surface area contributed by atoms with Crippen LogP contribution in [0.1, 0.15) is 53.4 Å². The van der Waals surface area contributed by atoms with Crippen LogP contribution < -0.4 is 5.73 Å². The van der Waals surface area contributed by atoms with Crippen molar-refractivity contribution in [1.82, 2.24) is 19.3 Å². The Hall–Kier alpha value is -3.83. The summed E-state index contributed by atoms with van der Waals surface area (Å²) in [5.41, 5.74) is 5.43. The van der Waals surface area contributed by atoms with Gasteiger partial charge < -0.3 is 10.6 Å². The summed E-state index contributed by atoms with van der Waals surface area (Å²) >= 11 is 0. The van der Waals surface area contributed by atoms with Gasteiger partial charge in [-0.25, -0.2) is 14.4 Å². The number of hydrogen-bond acceptors (Lipinski definition) is 4. The minimum atomic E-state index is -5.75. The van der Waals surface area contributed by atoms with Crippen molar-refractivity contribution in [3.63, 3.8) is 0 Å². The second kappa shape index (κ2) is 7.83. The largest absolute Gasteiger partial charge is 0.458 e. The van der Waals surface area contributed by atoms with Gasteiger partial charge in [-0.3, -0.25) is 9.20 Å². The van der Waals surface area contributed by atoms with Gasteiger partial charge in [0, 0.05) is 18.7 Å². The third-order valence-electron chi connectivity index (χ3n) is 7.05. The van der Waals surface area contributed by atoms with Crippen LogP contribution in [0.15, 0.2) is 42.9 Å². The van der Waals surface area contributed by atoms with Crippen molar-refractivity contribution in [3.8, 4) is 0 Å². The second-order valence-corrected chi connectivity index (χ2v) is 9.86. The molecule has 4 aromatic rings. The van der Waals surface area contributed by atoms with Gasteiger partial charge >= 0.3 is 12.1 Å². The van der Waals surface area contributed by atoms with E-state index in [1.54, 1.807) is 18.2 Å². The molecule has 12 heteroatoms. The molecule has 0 radical (unpaired) electrons. The van der Waals surface area contributed by atoms with Crippen LogP contribution in [-0.2, 0) is 11.3 Å². The molecule has 37 heavy (non-hydrogen) atoms. The molecule has 1 atom stereocenters. The van der Waals surface area contributed by atoms with Crippen molar-refractivity contribution in [2.75, 3.05) is 12.8 Å². The van der Waals surface area contributed by atoms with Gasteiger partial charge in [0.15, 0.2) is 0 Å². The number of carbonyl (C=O) groups is 1. The monoisotopic (exact) mass is 521 g/mol. The molecule has 0 fully saturated rings. The van der Waals surface area contributed by atoms with Crippen molar-refractivity contribution in [2.45, 2.75) is 43.8 Å². The minimum absolute atomic E-state index is 0.140. The summed E-state index contributed by atoms with van der Waals surface area (Å²) in [5, 5.41) is 0. The van der Waals surface area contributed by atoms with Crippen LogP contribution >= 0.6 is 0 Å². The number of anilines is 1. The number of hydrogen-bond donors (Lipinski definition) is 1. The van der Waals surface area contributed by atoms with Gasteiger partial charge in [-0.15, -0.1) is 0 Å². The Balaban J connectivity index is 1.55. The number of alkyl halides is 5. The van der Waals surface area contributed by atoms with Crippen LogP contribution in [0.2, 0.25) is 0 Å². The molecule has 1 aliphatic rings. The highest BCUT2D eigenvalue weighted by atomic mass is 19.4. The molecule has 6 nitrogen and oxygen atoms in total. The standard InChI is InChI=1S/C25H21F6N5O/c1-23(2)9-19(13-5-4-12(6-15(13)23)24(27,28)25(29,30)31)35(3)22(37)14-7-18-17(8-16(14)26)34-21(32)20-10-33-11-36(18)20/h4-8,10-11,19H,9H2,1-3H3,(H2,32,34)/t19-/m1/s1. The SMILES string of the molecule is CN(C(=O)c1cc2c(cc1F)nc(N)c1cncn12)[C@@H]1CC(C)(C)c2cc(C(F)(F)C(F)(F)F)ccc21.